The molecule has 0 amide bonds. The molecule has 0 N–H and O–H groups in total. The molecule has 1 atom stereocenters. The molecule has 86 valence electrons. The maximum Gasteiger partial charge on any atom is 0.140 e. The van der Waals surface area contributed by atoms with Gasteiger partial charge in [0.25, 0.3) is 0 Å². The van der Waals surface area contributed by atoms with Crippen LogP contribution in [-0.2, 0) is 11.2 Å². The minimum absolute atomic E-state index is 0.213. The molecule has 16 heavy (non-hydrogen) atoms. The molecule has 1 aliphatic rings. The third-order valence-corrected chi connectivity index (χ3v) is 3.39. The summed E-state index contributed by atoms with van der Waals surface area (Å²) in [4.78, 5) is 12.0. The van der Waals surface area contributed by atoms with E-state index in [1.54, 1.807) is 7.11 Å². The molecule has 1 aliphatic carbocycles. The predicted octanol–water partition coefficient (Wildman–Crippen LogP) is 2.85. The van der Waals surface area contributed by atoms with Gasteiger partial charge >= 0.3 is 0 Å². The quantitative estimate of drug-likeness (QED) is 0.759. The third-order valence-electron chi connectivity index (χ3n) is 3.39. The number of para-hydroxylation sites is 1. The Morgan fingerprint density at radius 1 is 1.44 bits per heavy atom. The summed E-state index contributed by atoms with van der Waals surface area (Å²) >= 11 is 0. The van der Waals surface area contributed by atoms with Crippen molar-refractivity contribution in [2.24, 2.45) is 11.8 Å². The number of hydrogen-bond acceptors (Lipinski definition) is 2. The van der Waals surface area contributed by atoms with Crippen molar-refractivity contribution in [1.29, 1.82) is 0 Å². The number of ketones is 1. The number of Topliss-reactive ketones (excluding diaryl/α,β-unsaturated/α-hetero) is 1. The number of benzene rings is 1. The third kappa shape index (κ3) is 2.43. The Kier molecular flexibility index (Phi) is 3.28. The van der Waals surface area contributed by atoms with Gasteiger partial charge in [0.15, 0.2) is 0 Å². The second kappa shape index (κ2) is 4.69. The Balaban J connectivity index is 2.04. The van der Waals surface area contributed by atoms with Crippen LogP contribution in [0.4, 0.5) is 0 Å². The van der Waals surface area contributed by atoms with Crippen molar-refractivity contribution in [3.8, 4) is 5.75 Å². The lowest BCUT2D eigenvalue weighted by atomic mass is 9.95. The van der Waals surface area contributed by atoms with Crippen LogP contribution in [0.1, 0.15) is 25.3 Å². The number of carbonyl (C=O) groups excluding carboxylic acids is 1. The monoisotopic (exact) mass is 218 g/mol. The molecule has 2 heteroatoms. The molecule has 1 saturated carbocycles. The van der Waals surface area contributed by atoms with E-state index < -0.39 is 0 Å². The zero-order valence-electron chi connectivity index (χ0n) is 9.90. The molecule has 0 aromatic heterocycles. The molecule has 0 bridgehead atoms. The first kappa shape index (κ1) is 11.2. The summed E-state index contributed by atoms with van der Waals surface area (Å²) in [6.07, 6.45) is 2.94. The van der Waals surface area contributed by atoms with Gasteiger partial charge in [-0.3, -0.25) is 4.79 Å². The van der Waals surface area contributed by atoms with E-state index in [1.807, 2.05) is 24.3 Å². The van der Waals surface area contributed by atoms with Crippen LogP contribution in [0.15, 0.2) is 24.3 Å². The number of hydrogen-bond donors (Lipinski definition) is 0. The highest BCUT2D eigenvalue weighted by molar-refractivity contribution is 5.84. The molecule has 0 saturated heterocycles. The van der Waals surface area contributed by atoms with Crippen LogP contribution >= 0.6 is 0 Å². The predicted molar refractivity (Wildman–Crippen MR) is 63.6 cm³/mol. The molecule has 1 aromatic rings. The van der Waals surface area contributed by atoms with E-state index in [2.05, 4.69) is 6.92 Å². The van der Waals surface area contributed by atoms with Crippen LogP contribution in [0, 0.1) is 11.8 Å². The van der Waals surface area contributed by atoms with Gasteiger partial charge in [0.2, 0.25) is 0 Å². The van der Waals surface area contributed by atoms with Crippen molar-refractivity contribution < 1.29 is 9.53 Å². The molecule has 0 aliphatic heterocycles. The van der Waals surface area contributed by atoms with E-state index in [9.17, 15) is 4.79 Å². The van der Waals surface area contributed by atoms with Crippen LogP contribution in [0.3, 0.4) is 0 Å². The van der Waals surface area contributed by atoms with Gasteiger partial charge in [-0.1, -0.05) is 25.1 Å². The van der Waals surface area contributed by atoms with Gasteiger partial charge in [-0.15, -0.1) is 0 Å². The SMILES string of the molecule is COc1ccccc1CC(=O)C(C)C1CC1. The summed E-state index contributed by atoms with van der Waals surface area (Å²) in [7, 11) is 1.65. The zero-order chi connectivity index (χ0) is 11.5. The first-order valence-corrected chi connectivity index (χ1v) is 5.87. The van der Waals surface area contributed by atoms with Crippen LogP contribution in [-0.4, -0.2) is 12.9 Å². The molecule has 0 spiro atoms. The van der Waals surface area contributed by atoms with Crippen molar-refractivity contribution in [2.45, 2.75) is 26.2 Å². The van der Waals surface area contributed by atoms with E-state index in [1.165, 1.54) is 12.8 Å². The minimum Gasteiger partial charge on any atom is -0.496 e. The van der Waals surface area contributed by atoms with E-state index in [0.29, 0.717) is 18.1 Å². The normalized spacial score (nSPS) is 16.9. The molecular formula is C14H18O2. The second-order valence-corrected chi connectivity index (χ2v) is 4.58. The highest BCUT2D eigenvalue weighted by Gasteiger charge is 2.32. The van der Waals surface area contributed by atoms with Gasteiger partial charge in [-0.25, -0.2) is 0 Å². The Morgan fingerprint density at radius 3 is 2.75 bits per heavy atom. The fourth-order valence-electron chi connectivity index (χ4n) is 2.06. The van der Waals surface area contributed by atoms with Crippen molar-refractivity contribution in [2.75, 3.05) is 7.11 Å². The first-order valence-electron chi connectivity index (χ1n) is 5.87. The Labute approximate surface area is 96.6 Å². The largest absolute Gasteiger partial charge is 0.496 e. The molecule has 1 fully saturated rings. The van der Waals surface area contributed by atoms with Gasteiger partial charge in [-0.05, 0) is 24.8 Å². The van der Waals surface area contributed by atoms with E-state index in [4.69, 9.17) is 4.74 Å². The minimum atomic E-state index is 0.213. The molecule has 2 rings (SSSR count). The smallest absolute Gasteiger partial charge is 0.140 e. The lowest BCUT2D eigenvalue weighted by molar-refractivity contribution is -0.122. The van der Waals surface area contributed by atoms with Gasteiger partial charge in [-0.2, -0.15) is 0 Å². The van der Waals surface area contributed by atoms with Crippen LogP contribution in [0.2, 0.25) is 0 Å². The van der Waals surface area contributed by atoms with E-state index in [0.717, 1.165) is 11.3 Å². The number of carbonyl (C=O) groups is 1. The maximum absolute atomic E-state index is 12.0. The van der Waals surface area contributed by atoms with Gasteiger partial charge < -0.3 is 4.74 Å². The van der Waals surface area contributed by atoms with Crippen molar-refractivity contribution in [1.82, 2.24) is 0 Å². The van der Waals surface area contributed by atoms with Crippen molar-refractivity contribution in [3.05, 3.63) is 29.8 Å². The molecule has 1 unspecified atom stereocenters. The first-order chi connectivity index (χ1) is 7.72. The molecular weight excluding hydrogens is 200 g/mol. The van der Waals surface area contributed by atoms with Gasteiger partial charge in [0.1, 0.15) is 11.5 Å². The average molecular weight is 218 g/mol. The Bertz CT molecular complexity index is 380. The molecule has 2 nitrogen and oxygen atoms in total. The molecule has 0 radical (unpaired) electrons. The highest BCUT2D eigenvalue weighted by Crippen LogP contribution is 2.37. The summed E-state index contributed by atoms with van der Waals surface area (Å²) in [5.41, 5.74) is 1.00. The summed E-state index contributed by atoms with van der Waals surface area (Å²) in [5.74, 6) is 2.01. The molecule has 0 heterocycles. The highest BCUT2D eigenvalue weighted by atomic mass is 16.5. The fourth-order valence-corrected chi connectivity index (χ4v) is 2.06. The van der Waals surface area contributed by atoms with E-state index >= 15 is 0 Å². The summed E-state index contributed by atoms with van der Waals surface area (Å²) < 4.78 is 5.25. The fraction of sp³-hybridized carbons (Fsp3) is 0.500. The summed E-state index contributed by atoms with van der Waals surface area (Å²) in [6.45, 7) is 2.05. The lowest BCUT2D eigenvalue weighted by Gasteiger charge is -2.11. The lowest BCUT2D eigenvalue weighted by Crippen LogP contribution is -2.15. The number of methoxy groups -OCH3 is 1. The van der Waals surface area contributed by atoms with Crippen molar-refractivity contribution in [3.63, 3.8) is 0 Å². The Hall–Kier alpha value is -1.31. The van der Waals surface area contributed by atoms with Gasteiger partial charge in [0.05, 0.1) is 7.11 Å². The van der Waals surface area contributed by atoms with Gasteiger partial charge in [0, 0.05) is 17.9 Å². The number of rotatable bonds is 5. The van der Waals surface area contributed by atoms with Crippen LogP contribution in [0.25, 0.3) is 0 Å². The Morgan fingerprint density at radius 2 is 2.12 bits per heavy atom. The van der Waals surface area contributed by atoms with E-state index in [-0.39, 0.29) is 5.92 Å². The topological polar surface area (TPSA) is 26.3 Å². The van der Waals surface area contributed by atoms with Crippen LogP contribution < -0.4 is 4.74 Å². The second-order valence-electron chi connectivity index (χ2n) is 4.58. The zero-order valence-corrected chi connectivity index (χ0v) is 9.90. The summed E-state index contributed by atoms with van der Waals surface area (Å²) in [5, 5.41) is 0. The molecule has 1 aromatic carbocycles. The standard InChI is InChI=1S/C14H18O2/c1-10(11-7-8-11)13(15)9-12-5-3-4-6-14(12)16-2/h3-6,10-11H,7-9H2,1-2H3. The average Bonchev–Trinajstić information content (AvgIpc) is 3.12. The number of ether oxygens (including phenoxy) is 1. The van der Waals surface area contributed by atoms with Crippen molar-refractivity contribution >= 4 is 5.78 Å². The summed E-state index contributed by atoms with van der Waals surface area (Å²) in [6, 6.07) is 7.75. The maximum atomic E-state index is 12.0. The van der Waals surface area contributed by atoms with Crippen LogP contribution in [0.5, 0.6) is 5.75 Å².